The lowest BCUT2D eigenvalue weighted by molar-refractivity contribution is -0.124. The largest absolute Gasteiger partial charge is 0.493 e. The minimum absolute atomic E-state index is 0.319. The normalized spacial score (nSPS) is 13.8. The number of nitrogens with two attached hydrogens (primary N) is 1. The number of halogens is 1. The second-order valence-corrected chi connectivity index (χ2v) is 5.09. The standard InChI is InChI=1S/C15H23FN2O2/c1-4-18-15(3,14(17)19)8-5-9-20-13-10-12(16)7-6-11(13)2/h6-7,10,18H,4-5,8-9H2,1-3H3,(H2,17,19). The van der Waals surface area contributed by atoms with Crippen molar-refractivity contribution in [2.24, 2.45) is 5.73 Å². The van der Waals surface area contributed by atoms with E-state index in [4.69, 9.17) is 10.5 Å². The number of ether oxygens (including phenoxy) is 1. The average Bonchev–Trinajstić information content (AvgIpc) is 2.38. The van der Waals surface area contributed by atoms with Gasteiger partial charge < -0.3 is 15.8 Å². The van der Waals surface area contributed by atoms with Gasteiger partial charge in [0.25, 0.3) is 0 Å². The number of benzene rings is 1. The first kappa shape index (κ1) is 16.4. The van der Waals surface area contributed by atoms with Crippen LogP contribution in [0.15, 0.2) is 18.2 Å². The van der Waals surface area contributed by atoms with Gasteiger partial charge in [-0.15, -0.1) is 0 Å². The number of carbonyl (C=O) groups is 1. The molecule has 0 spiro atoms. The van der Waals surface area contributed by atoms with Crippen molar-refractivity contribution < 1.29 is 13.9 Å². The third-order valence-electron chi connectivity index (χ3n) is 3.34. The van der Waals surface area contributed by atoms with Crippen LogP contribution in [0, 0.1) is 12.7 Å². The molecule has 1 atom stereocenters. The second-order valence-electron chi connectivity index (χ2n) is 5.09. The fourth-order valence-electron chi connectivity index (χ4n) is 2.03. The van der Waals surface area contributed by atoms with E-state index < -0.39 is 5.54 Å². The van der Waals surface area contributed by atoms with Crippen LogP contribution in [0.1, 0.15) is 32.3 Å². The number of carbonyl (C=O) groups excluding carboxylic acids is 1. The lowest BCUT2D eigenvalue weighted by Gasteiger charge is -2.26. The Morgan fingerprint density at radius 2 is 2.20 bits per heavy atom. The van der Waals surface area contributed by atoms with Gasteiger partial charge in [0.05, 0.1) is 12.1 Å². The van der Waals surface area contributed by atoms with Gasteiger partial charge in [-0.1, -0.05) is 13.0 Å². The van der Waals surface area contributed by atoms with Gasteiger partial charge in [0.2, 0.25) is 5.91 Å². The van der Waals surface area contributed by atoms with Gasteiger partial charge in [0, 0.05) is 6.07 Å². The molecule has 0 saturated carbocycles. The summed E-state index contributed by atoms with van der Waals surface area (Å²) in [5.41, 5.74) is 5.56. The Bertz CT molecular complexity index is 465. The van der Waals surface area contributed by atoms with Crippen LogP contribution in [0.2, 0.25) is 0 Å². The molecule has 20 heavy (non-hydrogen) atoms. The number of nitrogens with one attached hydrogen (secondary N) is 1. The molecule has 0 aliphatic carbocycles. The molecule has 1 amide bonds. The molecular formula is C15H23FN2O2. The van der Waals surface area contributed by atoms with Crippen molar-refractivity contribution in [3.63, 3.8) is 0 Å². The van der Waals surface area contributed by atoms with E-state index in [-0.39, 0.29) is 11.7 Å². The number of aryl methyl sites for hydroxylation is 1. The monoisotopic (exact) mass is 282 g/mol. The van der Waals surface area contributed by atoms with Gasteiger partial charge in [-0.05, 0) is 44.9 Å². The molecule has 0 bridgehead atoms. The highest BCUT2D eigenvalue weighted by Gasteiger charge is 2.29. The molecule has 4 nitrogen and oxygen atoms in total. The number of amides is 1. The molecular weight excluding hydrogens is 259 g/mol. The number of rotatable bonds is 8. The van der Waals surface area contributed by atoms with Crippen molar-refractivity contribution in [3.8, 4) is 5.75 Å². The lowest BCUT2D eigenvalue weighted by Crippen LogP contribution is -2.53. The summed E-state index contributed by atoms with van der Waals surface area (Å²) >= 11 is 0. The quantitative estimate of drug-likeness (QED) is 0.718. The molecule has 1 aromatic carbocycles. The predicted molar refractivity (Wildman–Crippen MR) is 77.1 cm³/mol. The summed E-state index contributed by atoms with van der Waals surface area (Å²) in [4.78, 5) is 11.4. The van der Waals surface area contributed by atoms with Crippen molar-refractivity contribution in [1.82, 2.24) is 5.32 Å². The zero-order valence-electron chi connectivity index (χ0n) is 12.3. The lowest BCUT2D eigenvalue weighted by atomic mass is 9.95. The molecule has 0 fully saturated rings. The van der Waals surface area contributed by atoms with E-state index in [2.05, 4.69) is 5.32 Å². The van der Waals surface area contributed by atoms with E-state index in [0.717, 1.165) is 5.56 Å². The highest BCUT2D eigenvalue weighted by Crippen LogP contribution is 2.19. The minimum Gasteiger partial charge on any atom is -0.493 e. The summed E-state index contributed by atoms with van der Waals surface area (Å²) in [6.07, 6.45) is 1.23. The Morgan fingerprint density at radius 3 is 2.80 bits per heavy atom. The maximum atomic E-state index is 13.1. The number of hydrogen-bond donors (Lipinski definition) is 2. The van der Waals surface area contributed by atoms with Crippen LogP contribution in [0.5, 0.6) is 5.75 Å². The van der Waals surface area contributed by atoms with Gasteiger partial charge >= 0.3 is 0 Å². The first-order valence-electron chi connectivity index (χ1n) is 6.83. The fraction of sp³-hybridized carbons (Fsp3) is 0.533. The predicted octanol–water partition coefficient (Wildman–Crippen LogP) is 2.15. The zero-order chi connectivity index (χ0) is 15.2. The molecule has 0 aromatic heterocycles. The van der Waals surface area contributed by atoms with Crippen LogP contribution in [0.3, 0.4) is 0 Å². The first-order chi connectivity index (χ1) is 9.39. The maximum Gasteiger partial charge on any atom is 0.237 e. The Balaban J connectivity index is 2.48. The third kappa shape index (κ3) is 4.49. The van der Waals surface area contributed by atoms with Gasteiger partial charge in [-0.3, -0.25) is 4.79 Å². The molecule has 5 heteroatoms. The molecule has 112 valence electrons. The van der Waals surface area contributed by atoms with E-state index >= 15 is 0 Å². The number of hydrogen-bond acceptors (Lipinski definition) is 3. The Hall–Kier alpha value is -1.62. The van der Waals surface area contributed by atoms with Gasteiger partial charge in [0.1, 0.15) is 11.6 Å². The van der Waals surface area contributed by atoms with Crippen LogP contribution in [0.25, 0.3) is 0 Å². The minimum atomic E-state index is -0.727. The van der Waals surface area contributed by atoms with Crippen molar-refractivity contribution in [3.05, 3.63) is 29.6 Å². The molecule has 0 heterocycles. The summed E-state index contributed by atoms with van der Waals surface area (Å²) in [5, 5.41) is 3.09. The number of primary amides is 1. The first-order valence-corrected chi connectivity index (χ1v) is 6.83. The topological polar surface area (TPSA) is 64.3 Å². The van der Waals surface area contributed by atoms with Crippen molar-refractivity contribution in [2.45, 2.75) is 39.2 Å². The summed E-state index contributed by atoms with van der Waals surface area (Å²) in [6, 6.07) is 4.45. The van der Waals surface area contributed by atoms with Crippen LogP contribution in [-0.4, -0.2) is 24.6 Å². The Labute approximate surface area is 119 Å². The van der Waals surface area contributed by atoms with Crippen molar-refractivity contribution in [2.75, 3.05) is 13.2 Å². The molecule has 0 aliphatic heterocycles. The zero-order valence-corrected chi connectivity index (χ0v) is 12.3. The SMILES string of the molecule is CCNC(C)(CCCOc1cc(F)ccc1C)C(N)=O. The molecule has 1 unspecified atom stereocenters. The smallest absolute Gasteiger partial charge is 0.237 e. The third-order valence-corrected chi connectivity index (χ3v) is 3.34. The van der Waals surface area contributed by atoms with Gasteiger partial charge in [-0.2, -0.15) is 0 Å². The van der Waals surface area contributed by atoms with Crippen LogP contribution in [0.4, 0.5) is 4.39 Å². The van der Waals surface area contributed by atoms with Crippen LogP contribution < -0.4 is 15.8 Å². The maximum absolute atomic E-state index is 13.1. The number of likely N-dealkylation sites (N-methyl/N-ethyl adjacent to an activating group) is 1. The summed E-state index contributed by atoms with van der Waals surface area (Å²) in [6.45, 7) is 6.66. The molecule has 0 radical (unpaired) electrons. The van der Waals surface area contributed by atoms with Gasteiger partial charge in [0.15, 0.2) is 0 Å². The molecule has 0 aliphatic rings. The highest BCUT2D eigenvalue weighted by atomic mass is 19.1. The fourth-order valence-corrected chi connectivity index (χ4v) is 2.03. The van der Waals surface area contributed by atoms with Crippen LogP contribution >= 0.6 is 0 Å². The Morgan fingerprint density at radius 1 is 1.50 bits per heavy atom. The van der Waals surface area contributed by atoms with E-state index in [0.29, 0.717) is 31.7 Å². The summed E-state index contributed by atoms with van der Waals surface area (Å²) < 4.78 is 18.7. The van der Waals surface area contributed by atoms with Gasteiger partial charge in [-0.25, -0.2) is 4.39 Å². The van der Waals surface area contributed by atoms with E-state index in [1.54, 1.807) is 13.0 Å². The van der Waals surface area contributed by atoms with Crippen molar-refractivity contribution in [1.29, 1.82) is 0 Å². The molecule has 1 aromatic rings. The summed E-state index contributed by atoms with van der Waals surface area (Å²) in [7, 11) is 0. The molecule has 0 saturated heterocycles. The highest BCUT2D eigenvalue weighted by molar-refractivity contribution is 5.84. The molecule has 1 rings (SSSR count). The average molecular weight is 282 g/mol. The van der Waals surface area contributed by atoms with E-state index in [1.165, 1.54) is 12.1 Å². The van der Waals surface area contributed by atoms with E-state index in [9.17, 15) is 9.18 Å². The van der Waals surface area contributed by atoms with Crippen molar-refractivity contribution >= 4 is 5.91 Å². The van der Waals surface area contributed by atoms with E-state index in [1.807, 2.05) is 13.8 Å². The Kier molecular flexibility index (Phi) is 5.95. The van der Waals surface area contributed by atoms with Crippen LogP contribution in [-0.2, 0) is 4.79 Å². The second kappa shape index (κ2) is 7.24. The molecule has 3 N–H and O–H groups in total. The summed E-state index contributed by atoms with van der Waals surface area (Å²) in [5.74, 6) is -0.157.